The molecule has 0 aliphatic rings. The molecule has 4 nitrogen and oxygen atoms in total. The molecule has 0 spiro atoms. The fourth-order valence-electron chi connectivity index (χ4n) is 0.563. The normalized spacial score (nSPS) is 9.64. The zero-order valence-electron chi connectivity index (χ0n) is 5.21. The summed E-state index contributed by atoms with van der Waals surface area (Å²) < 4.78 is 0. The van der Waals surface area contributed by atoms with Gasteiger partial charge in [-0.2, -0.15) is 5.10 Å². The molecule has 2 N–H and O–H groups in total. The highest BCUT2D eigenvalue weighted by molar-refractivity contribution is 6.38. The van der Waals surface area contributed by atoms with Crippen LogP contribution in [0.25, 0.3) is 0 Å². The molecular formula is C5H3Cl2N3O. The lowest BCUT2D eigenvalue weighted by atomic mass is 10.3. The van der Waals surface area contributed by atoms with Crippen LogP contribution < -0.4 is 5.73 Å². The zero-order chi connectivity index (χ0) is 8.43. The second-order valence-electron chi connectivity index (χ2n) is 1.72. The number of hydrogen-bond donors (Lipinski definition) is 1. The first-order valence-electron chi connectivity index (χ1n) is 2.59. The maximum Gasteiger partial charge on any atom is 0.253 e. The molecular weight excluding hydrogens is 189 g/mol. The van der Waals surface area contributed by atoms with Crippen LogP contribution >= 0.6 is 23.2 Å². The highest BCUT2D eigenvalue weighted by atomic mass is 35.5. The van der Waals surface area contributed by atoms with Gasteiger partial charge >= 0.3 is 0 Å². The van der Waals surface area contributed by atoms with Crippen LogP contribution in [0.5, 0.6) is 0 Å². The van der Waals surface area contributed by atoms with Gasteiger partial charge in [-0.15, -0.1) is 5.10 Å². The van der Waals surface area contributed by atoms with Crippen molar-refractivity contribution in [2.45, 2.75) is 0 Å². The fraction of sp³-hybridized carbons (Fsp3) is 0. The van der Waals surface area contributed by atoms with Crippen LogP contribution in [0.3, 0.4) is 0 Å². The van der Waals surface area contributed by atoms with Crippen LogP contribution in [0.4, 0.5) is 0 Å². The molecule has 0 aliphatic heterocycles. The van der Waals surface area contributed by atoms with Gasteiger partial charge in [-0.3, -0.25) is 4.79 Å². The predicted molar refractivity (Wildman–Crippen MR) is 40.6 cm³/mol. The van der Waals surface area contributed by atoms with E-state index >= 15 is 0 Å². The summed E-state index contributed by atoms with van der Waals surface area (Å²) >= 11 is 11.0. The van der Waals surface area contributed by atoms with Crippen molar-refractivity contribution in [1.29, 1.82) is 0 Å². The molecule has 1 heterocycles. The summed E-state index contributed by atoms with van der Waals surface area (Å²) in [5.41, 5.74) is 4.94. The van der Waals surface area contributed by atoms with Crippen molar-refractivity contribution in [3.63, 3.8) is 0 Å². The van der Waals surface area contributed by atoms with Gasteiger partial charge in [-0.25, -0.2) is 0 Å². The summed E-state index contributed by atoms with van der Waals surface area (Å²) in [6.45, 7) is 0. The summed E-state index contributed by atoms with van der Waals surface area (Å²) in [5.74, 6) is -0.713. The van der Waals surface area contributed by atoms with Crippen molar-refractivity contribution in [2.75, 3.05) is 0 Å². The van der Waals surface area contributed by atoms with Crippen LogP contribution in [-0.2, 0) is 0 Å². The quantitative estimate of drug-likeness (QED) is 0.717. The molecule has 0 bridgehead atoms. The van der Waals surface area contributed by atoms with Gasteiger partial charge in [0.2, 0.25) is 0 Å². The highest BCUT2D eigenvalue weighted by Crippen LogP contribution is 2.19. The fourth-order valence-corrected chi connectivity index (χ4v) is 1.08. The Bertz CT molecular complexity index is 282. The van der Waals surface area contributed by atoms with Crippen molar-refractivity contribution < 1.29 is 4.79 Å². The van der Waals surface area contributed by atoms with Gasteiger partial charge in [0, 0.05) is 0 Å². The Morgan fingerprint density at radius 3 is 2.55 bits per heavy atom. The minimum atomic E-state index is -0.713. The van der Waals surface area contributed by atoms with E-state index in [4.69, 9.17) is 28.9 Å². The second-order valence-corrected chi connectivity index (χ2v) is 2.49. The summed E-state index contributed by atoms with van der Waals surface area (Å²) in [7, 11) is 0. The molecule has 0 aliphatic carbocycles. The van der Waals surface area contributed by atoms with E-state index in [2.05, 4.69) is 10.2 Å². The molecule has 1 aromatic rings. The largest absolute Gasteiger partial charge is 0.365 e. The van der Waals surface area contributed by atoms with E-state index in [-0.39, 0.29) is 15.7 Å². The summed E-state index contributed by atoms with van der Waals surface area (Å²) in [6.07, 6.45) is 1.20. The van der Waals surface area contributed by atoms with Crippen molar-refractivity contribution in [3.8, 4) is 0 Å². The number of halogens is 2. The second kappa shape index (κ2) is 3.02. The lowest BCUT2D eigenvalue weighted by Crippen LogP contribution is -2.13. The molecule has 0 saturated heterocycles. The molecule has 58 valence electrons. The van der Waals surface area contributed by atoms with Crippen LogP contribution in [0.2, 0.25) is 10.2 Å². The number of primary amides is 1. The molecule has 6 heteroatoms. The topological polar surface area (TPSA) is 68.9 Å². The number of carbonyl (C=O) groups excluding carboxylic acids is 1. The predicted octanol–water partition coefficient (Wildman–Crippen LogP) is 0.882. The molecule has 1 aromatic heterocycles. The van der Waals surface area contributed by atoms with E-state index in [1.807, 2.05) is 0 Å². The smallest absolute Gasteiger partial charge is 0.253 e. The summed E-state index contributed by atoms with van der Waals surface area (Å²) in [5, 5.41) is 6.83. The van der Waals surface area contributed by atoms with Crippen molar-refractivity contribution in [3.05, 3.63) is 21.9 Å². The van der Waals surface area contributed by atoms with Crippen molar-refractivity contribution in [1.82, 2.24) is 10.2 Å². The third kappa shape index (κ3) is 1.58. The van der Waals surface area contributed by atoms with E-state index in [1.54, 1.807) is 0 Å². The van der Waals surface area contributed by atoms with Gasteiger partial charge in [-0.05, 0) is 0 Å². The molecule has 0 unspecified atom stereocenters. The van der Waals surface area contributed by atoms with Crippen molar-refractivity contribution in [2.24, 2.45) is 5.73 Å². The number of nitrogens with zero attached hydrogens (tertiary/aromatic N) is 2. The first kappa shape index (κ1) is 8.23. The first-order valence-corrected chi connectivity index (χ1v) is 3.35. The minimum absolute atomic E-state index is 0.00309. The van der Waals surface area contributed by atoms with Crippen LogP contribution in [0, 0.1) is 0 Å². The third-order valence-corrected chi connectivity index (χ3v) is 1.56. The summed E-state index contributed by atoms with van der Waals surface area (Å²) in [6, 6.07) is 0. The molecule has 0 radical (unpaired) electrons. The molecule has 11 heavy (non-hydrogen) atoms. The number of nitrogens with two attached hydrogens (primary N) is 1. The van der Waals surface area contributed by atoms with Crippen molar-refractivity contribution >= 4 is 29.1 Å². The van der Waals surface area contributed by atoms with Gasteiger partial charge in [-0.1, -0.05) is 23.2 Å². The molecule has 0 saturated carbocycles. The van der Waals surface area contributed by atoms with Gasteiger partial charge in [0.05, 0.1) is 16.8 Å². The standard InChI is InChI=1S/C5H3Cl2N3O/c6-2-1-9-10-4(7)3(2)5(8)11/h1H,(H2,8,11). The first-order chi connectivity index (χ1) is 5.13. The SMILES string of the molecule is NC(=O)c1c(Cl)cnnc1Cl. The Kier molecular flexibility index (Phi) is 2.26. The van der Waals surface area contributed by atoms with E-state index in [9.17, 15) is 4.79 Å². The Hall–Kier alpha value is -0.870. The molecule has 0 fully saturated rings. The maximum absolute atomic E-state index is 10.6. The Balaban J connectivity index is 3.32. The van der Waals surface area contributed by atoms with Crippen LogP contribution in [0.15, 0.2) is 6.20 Å². The number of aromatic nitrogens is 2. The maximum atomic E-state index is 10.6. The lowest BCUT2D eigenvalue weighted by molar-refractivity contribution is 0.1000. The average Bonchev–Trinajstić information content (AvgIpc) is 1.85. The number of carbonyl (C=O) groups is 1. The minimum Gasteiger partial charge on any atom is -0.365 e. The van der Waals surface area contributed by atoms with E-state index < -0.39 is 5.91 Å². The highest BCUT2D eigenvalue weighted by Gasteiger charge is 2.12. The molecule has 1 rings (SSSR count). The monoisotopic (exact) mass is 191 g/mol. The van der Waals surface area contributed by atoms with Crippen LogP contribution in [-0.4, -0.2) is 16.1 Å². The van der Waals surface area contributed by atoms with Gasteiger partial charge in [0.25, 0.3) is 5.91 Å². The average molecular weight is 192 g/mol. The Morgan fingerprint density at radius 2 is 2.18 bits per heavy atom. The van der Waals surface area contributed by atoms with Crippen LogP contribution in [0.1, 0.15) is 10.4 Å². The zero-order valence-corrected chi connectivity index (χ0v) is 6.73. The molecule has 0 aromatic carbocycles. The van der Waals surface area contributed by atoms with Gasteiger partial charge in [0.15, 0.2) is 5.15 Å². The molecule has 0 atom stereocenters. The van der Waals surface area contributed by atoms with Gasteiger partial charge in [0.1, 0.15) is 0 Å². The lowest BCUT2D eigenvalue weighted by Gasteiger charge is -1.97. The Labute approximate surface area is 72.3 Å². The summed E-state index contributed by atoms with van der Waals surface area (Å²) in [4.78, 5) is 10.6. The van der Waals surface area contributed by atoms with Gasteiger partial charge < -0.3 is 5.73 Å². The number of rotatable bonds is 1. The number of amides is 1. The Morgan fingerprint density at radius 1 is 1.55 bits per heavy atom. The van der Waals surface area contributed by atoms with E-state index in [1.165, 1.54) is 6.20 Å². The van der Waals surface area contributed by atoms with E-state index in [0.29, 0.717) is 0 Å². The molecule has 1 amide bonds. The number of hydrogen-bond acceptors (Lipinski definition) is 3. The van der Waals surface area contributed by atoms with E-state index in [0.717, 1.165) is 0 Å². The third-order valence-electron chi connectivity index (χ3n) is 1.01.